The van der Waals surface area contributed by atoms with Crippen molar-refractivity contribution >= 4 is 11.9 Å². The van der Waals surface area contributed by atoms with Crippen molar-refractivity contribution in [1.82, 2.24) is 5.32 Å². The van der Waals surface area contributed by atoms with Gasteiger partial charge in [0.1, 0.15) is 0 Å². The maximum Gasteiger partial charge on any atom is 0.292 e. The van der Waals surface area contributed by atoms with Crippen molar-refractivity contribution in [3.05, 3.63) is 0 Å². The van der Waals surface area contributed by atoms with Gasteiger partial charge < -0.3 is 9.84 Å². The van der Waals surface area contributed by atoms with Crippen molar-refractivity contribution in [2.75, 3.05) is 0 Å². The number of rotatable bonds is 2. The summed E-state index contributed by atoms with van der Waals surface area (Å²) in [5, 5.41) is 13.8. The van der Waals surface area contributed by atoms with Crippen LogP contribution >= 0.6 is 0 Å². The number of carbonyl (C=O) groups is 1. The van der Waals surface area contributed by atoms with Crippen LogP contribution in [0.2, 0.25) is 0 Å². The van der Waals surface area contributed by atoms with Crippen LogP contribution in [0.4, 0.5) is 0 Å². The number of aliphatic hydroxyl groups is 1. The molecule has 1 saturated heterocycles. The summed E-state index contributed by atoms with van der Waals surface area (Å²) < 4.78 is 5.81. The average Bonchev–Trinajstić information content (AvgIpc) is 2.66. The lowest BCUT2D eigenvalue weighted by Crippen LogP contribution is -2.61. The van der Waals surface area contributed by atoms with Gasteiger partial charge in [-0.05, 0) is 63.7 Å². The highest BCUT2D eigenvalue weighted by Gasteiger charge is 2.61. The van der Waals surface area contributed by atoms with Gasteiger partial charge in [0.15, 0.2) is 6.10 Å². The highest BCUT2D eigenvalue weighted by atomic mass is 16.5. The number of ether oxygens (including phenoxy) is 1. The summed E-state index contributed by atoms with van der Waals surface area (Å²) >= 11 is 0. The zero-order chi connectivity index (χ0) is 14.8. The summed E-state index contributed by atoms with van der Waals surface area (Å²) in [6.45, 7) is 3.90. The van der Waals surface area contributed by atoms with Gasteiger partial charge in [0.05, 0.1) is 5.60 Å². The van der Waals surface area contributed by atoms with Crippen LogP contribution in [-0.4, -0.2) is 34.8 Å². The molecule has 5 aliphatic rings. The Morgan fingerprint density at radius 3 is 2.52 bits per heavy atom. The highest BCUT2D eigenvalue weighted by Crippen LogP contribution is 2.59. The lowest BCUT2D eigenvalue weighted by atomic mass is 9.48. The third-order valence-electron chi connectivity index (χ3n) is 5.78. The molecular weight excluding hydrogens is 268 g/mol. The summed E-state index contributed by atoms with van der Waals surface area (Å²) in [5.74, 6) is 1.54. The minimum atomic E-state index is -0.704. The monoisotopic (exact) mass is 292 g/mol. The van der Waals surface area contributed by atoms with E-state index in [0.29, 0.717) is 23.8 Å². The van der Waals surface area contributed by atoms with Crippen molar-refractivity contribution < 1.29 is 14.6 Å². The lowest BCUT2D eigenvalue weighted by molar-refractivity contribution is -0.196. The topological polar surface area (TPSA) is 70.9 Å². The minimum Gasteiger partial charge on any atom is -0.451 e. The molecular formula is C16H24N2O3. The van der Waals surface area contributed by atoms with Crippen LogP contribution in [0.1, 0.15) is 46.0 Å². The Balaban J connectivity index is 1.60. The Morgan fingerprint density at radius 1 is 1.29 bits per heavy atom. The van der Waals surface area contributed by atoms with Crippen molar-refractivity contribution in [3.63, 3.8) is 0 Å². The van der Waals surface area contributed by atoms with Crippen LogP contribution in [-0.2, 0) is 9.53 Å². The van der Waals surface area contributed by atoms with Gasteiger partial charge in [0, 0.05) is 12.0 Å². The summed E-state index contributed by atoms with van der Waals surface area (Å²) in [6, 6.07) is 0.415. The molecule has 0 aromatic rings. The van der Waals surface area contributed by atoms with Crippen LogP contribution in [0.3, 0.4) is 0 Å². The average molecular weight is 292 g/mol. The van der Waals surface area contributed by atoms with Crippen molar-refractivity contribution in [3.8, 4) is 0 Å². The van der Waals surface area contributed by atoms with E-state index < -0.39 is 11.7 Å². The number of amidine groups is 1. The molecule has 4 bridgehead atoms. The zero-order valence-corrected chi connectivity index (χ0v) is 12.7. The predicted molar refractivity (Wildman–Crippen MR) is 77.6 cm³/mol. The maximum absolute atomic E-state index is 12.3. The van der Waals surface area contributed by atoms with Crippen LogP contribution in [0.5, 0.6) is 0 Å². The summed E-state index contributed by atoms with van der Waals surface area (Å²) in [6.07, 6.45) is 4.68. The molecule has 0 aromatic carbocycles. The quantitative estimate of drug-likeness (QED) is 0.809. The first-order valence-electron chi connectivity index (χ1n) is 8.22. The van der Waals surface area contributed by atoms with Gasteiger partial charge >= 0.3 is 0 Å². The lowest BCUT2D eigenvalue weighted by Gasteiger charge is -2.59. The minimum absolute atomic E-state index is 0.0647. The van der Waals surface area contributed by atoms with E-state index in [4.69, 9.17) is 4.74 Å². The molecule has 5 fully saturated rings. The highest BCUT2D eigenvalue weighted by molar-refractivity contribution is 6.02. The number of carbonyl (C=O) groups excluding carboxylic acids is 1. The first-order chi connectivity index (χ1) is 9.94. The molecule has 2 N–H and O–H groups in total. The van der Waals surface area contributed by atoms with E-state index in [1.807, 2.05) is 13.8 Å². The number of nitrogens with one attached hydrogen (secondary N) is 1. The molecule has 1 amide bonds. The van der Waals surface area contributed by atoms with Gasteiger partial charge in [-0.2, -0.15) is 0 Å². The Bertz CT molecular complexity index is 488. The van der Waals surface area contributed by atoms with Crippen LogP contribution in [0.15, 0.2) is 4.99 Å². The van der Waals surface area contributed by atoms with E-state index in [1.54, 1.807) is 0 Å². The van der Waals surface area contributed by atoms with Crippen LogP contribution < -0.4 is 5.32 Å². The molecule has 4 unspecified atom stereocenters. The third kappa shape index (κ3) is 2.08. The molecule has 21 heavy (non-hydrogen) atoms. The second kappa shape index (κ2) is 4.45. The molecule has 1 aliphatic heterocycles. The molecule has 5 nitrogen and oxygen atoms in total. The largest absolute Gasteiger partial charge is 0.451 e. The number of hydrogen-bond acceptors (Lipinski definition) is 4. The normalized spacial score (nSPS) is 49.8. The number of amides is 1. The van der Waals surface area contributed by atoms with E-state index >= 15 is 0 Å². The Kier molecular flexibility index (Phi) is 2.87. The van der Waals surface area contributed by atoms with Gasteiger partial charge in [0.25, 0.3) is 11.9 Å². The summed E-state index contributed by atoms with van der Waals surface area (Å²) in [7, 11) is 0. The molecule has 0 aromatic heterocycles. The first kappa shape index (κ1) is 13.6. The fourth-order valence-electron chi connectivity index (χ4n) is 5.48. The van der Waals surface area contributed by atoms with Crippen molar-refractivity contribution in [1.29, 1.82) is 0 Å². The van der Waals surface area contributed by atoms with E-state index in [1.165, 1.54) is 6.42 Å². The SMILES string of the molecule is CC(C)N=C1NC(=O)C(C2C3CC4CC(C3)CC2(O)C4)O1. The van der Waals surface area contributed by atoms with E-state index in [-0.39, 0.29) is 17.9 Å². The van der Waals surface area contributed by atoms with Crippen molar-refractivity contribution in [2.45, 2.75) is 63.7 Å². The molecule has 4 aliphatic carbocycles. The smallest absolute Gasteiger partial charge is 0.292 e. The maximum atomic E-state index is 12.3. The second-order valence-electron chi connectivity index (χ2n) is 7.79. The van der Waals surface area contributed by atoms with Gasteiger partial charge in [-0.25, -0.2) is 4.99 Å². The van der Waals surface area contributed by atoms with E-state index in [9.17, 15) is 9.90 Å². The van der Waals surface area contributed by atoms with Crippen LogP contribution in [0.25, 0.3) is 0 Å². The molecule has 4 atom stereocenters. The Labute approximate surface area is 125 Å². The fourth-order valence-corrected chi connectivity index (χ4v) is 5.48. The molecule has 0 radical (unpaired) electrons. The molecule has 5 heteroatoms. The molecule has 1 heterocycles. The Morgan fingerprint density at radius 2 is 1.95 bits per heavy atom. The zero-order valence-electron chi connectivity index (χ0n) is 12.7. The van der Waals surface area contributed by atoms with Crippen LogP contribution in [0, 0.1) is 23.7 Å². The fraction of sp³-hybridized carbons (Fsp3) is 0.875. The number of nitrogens with zero attached hydrogens (tertiary/aromatic N) is 1. The summed E-state index contributed by atoms with van der Waals surface area (Å²) in [4.78, 5) is 16.6. The number of aliphatic imine (C=N–C) groups is 1. The van der Waals surface area contributed by atoms with Gasteiger partial charge in [0.2, 0.25) is 0 Å². The van der Waals surface area contributed by atoms with Gasteiger partial charge in [-0.3, -0.25) is 10.1 Å². The van der Waals surface area contributed by atoms with E-state index in [0.717, 1.165) is 25.7 Å². The predicted octanol–water partition coefficient (Wildman–Crippen LogP) is 1.45. The van der Waals surface area contributed by atoms with Gasteiger partial charge in [-0.15, -0.1) is 0 Å². The summed E-state index contributed by atoms with van der Waals surface area (Å²) in [5.41, 5.74) is -0.704. The second-order valence-corrected chi connectivity index (χ2v) is 7.79. The molecule has 116 valence electrons. The van der Waals surface area contributed by atoms with Gasteiger partial charge in [-0.1, -0.05) is 0 Å². The standard InChI is InChI=1S/C16H24N2O3/c1-8(2)17-15-18-14(19)13(21-15)12-11-4-9-3-10(5-11)7-16(12,20)6-9/h8-13,20H,3-7H2,1-2H3,(H,17,18,19). The Hall–Kier alpha value is -1.10. The van der Waals surface area contributed by atoms with E-state index in [2.05, 4.69) is 10.3 Å². The molecule has 5 rings (SSSR count). The number of hydrogen-bond donors (Lipinski definition) is 2. The molecule has 0 spiro atoms. The molecule has 4 saturated carbocycles. The third-order valence-corrected chi connectivity index (χ3v) is 5.78. The first-order valence-corrected chi connectivity index (χ1v) is 8.22. The van der Waals surface area contributed by atoms with Crippen molar-refractivity contribution in [2.24, 2.45) is 28.7 Å².